The van der Waals surface area contributed by atoms with Crippen LogP contribution in [0.15, 0.2) is 65.2 Å². The van der Waals surface area contributed by atoms with E-state index in [0.717, 1.165) is 5.56 Å². The van der Waals surface area contributed by atoms with Gasteiger partial charge in [0.2, 0.25) is 5.91 Å². The van der Waals surface area contributed by atoms with E-state index in [0.29, 0.717) is 17.1 Å². The third-order valence-corrected chi connectivity index (χ3v) is 4.20. The number of carbonyl (C=O) groups is 2. The highest BCUT2D eigenvalue weighted by Gasteiger charge is 2.15. The number of aliphatic hydroxyl groups is 1. The second-order valence-electron chi connectivity index (χ2n) is 6.22. The Hall–Kier alpha value is -3.65. The molecule has 2 amide bonds. The summed E-state index contributed by atoms with van der Waals surface area (Å²) in [7, 11) is 1.56. The van der Waals surface area contributed by atoms with Crippen molar-refractivity contribution in [3.8, 4) is 17.1 Å². The number of aromatic nitrogens is 1. The number of nitrogens with one attached hydrogen (secondary N) is 2. The number of aliphatic hydroxyl groups excluding tert-OH is 1. The summed E-state index contributed by atoms with van der Waals surface area (Å²) in [4.78, 5) is 24.1. The van der Waals surface area contributed by atoms with Crippen LogP contribution in [0.25, 0.3) is 11.3 Å². The number of nitrogens with zero attached hydrogens (tertiary/aromatic N) is 1. The lowest BCUT2D eigenvalue weighted by Crippen LogP contribution is -2.38. The zero-order chi connectivity index (χ0) is 20.6. The molecule has 1 unspecified atom stereocenters. The predicted molar refractivity (Wildman–Crippen MR) is 105 cm³/mol. The van der Waals surface area contributed by atoms with Crippen molar-refractivity contribution in [3.63, 3.8) is 0 Å². The summed E-state index contributed by atoms with van der Waals surface area (Å²) in [5.74, 6) is 0.179. The van der Waals surface area contributed by atoms with Gasteiger partial charge in [0.25, 0.3) is 5.91 Å². The van der Waals surface area contributed by atoms with E-state index >= 15 is 0 Å². The maximum Gasteiger partial charge on any atom is 0.273 e. The summed E-state index contributed by atoms with van der Waals surface area (Å²) < 4.78 is 10.2. The highest BCUT2D eigenvalue weighted by atomic mass is 16.5. The quantitative estimate of drug-likeness (QED) is 0.537. The van der Waals surface area contributed by atoms with Gasteiger partial charge < -0.3 is 25.0 Å². The minimum absolute atomic E-state index is 0.0170. The molecule has 29 heavy (non-hydrogen) atoms. The van der Waals surface area contributed by atoms with Gasteiger partial charge in [0.05, 0.1) is 19.8 Å². The first kappa shape index (κ1) is 20.1. The number of hydrogen-bond donors (Lipinski definition) is 3. The van der Waals surface area contributed by atoms with E-state index in [1.54, 1.807) is 31.4 Å². The maximum absolute atomic E-state index is 12.1. The molecule has 0 spiro atoms. The van der Waals surface area contributed by atoms with Crippen molar-refractivity contribution >= 4 is 11.8 Å². The zero-order valence-corrected chi connectivity index (χ0v) is 15.8. The van der Waals surface area contributed by atoms with Crippen molar-refractivity contribution in [3.05, 3.63) is 71.9 Å². The molecule has 1 aromatic heterocycles. The number of hydrogen-bond acceptors (Lipinski definition) is 6. The van der Waals surface area contributed by atoms with Crippen molar-refractivity contribution in [1.82, 2.24) is 15.8 Å². The molecule has 0 fully saturated rings. The molecule has 3 rings (SSSR count). The maximum atomic E-state index is 12.1. The minimum atomic E-state index is -0.871. The third-order valence-electron chi connectivity index (χ3n) is 4.20. The van der Waals surface area contributed by atoms with E-state index in [1.807, 2.05) is 30.3 Å². The lowest BCUT2D eigenvalue weighted by atomic mass is 10.1. The van der Waals surface area contributed by atoms with Crippen LogP contribution in [0.1, 0.15) is 22.2 Å². The highest BCUT2D eigenvalue weighted by molar-refractivity contribution is 5.95. The molecule has 0 bridgehead atoms. The molecular formula is C21H21N3O5. The molecule has 0 radical (unpaired) electrons. The van der Waals surface area contributed by atoms with E-state index in [4.69, 9.17) is 9.26 Å². The van der Waals surface area contributed by atoms with Gasteiger partial charge in [-0.15, -0.1) is 0 Å². The molecule has 3 aromatic rings. The number of amides is 2. The topological polar surface area (TPSA) is 114 Å². The Labute approximate surface area is 167 Å². The molecule has 150 valence electrons. The van der Waals surface area contributed by atoms with E-state index in [1.165, 1.54) is 6.07 Å². The molecular weight excluding hydrogens is 374 g/mol. The van der Waals surface area contributed by atoms with Crippen LogP contribution in [-0.4, -0.2) is 42.3 Å². The van der Waals surface area contributed by atoms with Gasteiger partial charge in [-0.3, -0.25) is 9.59 Å². The first-order chi connectivity index (χ1) is 14.1. The van der Waals surface area contributed by atoms with E-state index in [2.05, 4.69) is 15.8 Å². The van der Waals surface area contributed by atoms with Crippen molar-refractivity contribution in [1.29, 1.82) is 0 Å². The van der Waals surface area contributed by atoms with Crippen molar-refractivity contribution < 1.29 is 24.0 Å². The predicted octanol–water partition coefficient (Wildman–Crippen LogP) is 1.93. The van der Waals surface area contributed by atoms with Crippen LogP contribution in [0.5, 0.6) is 5.75 Å². The van der Waals surface area contributed by atoms with Crippen molar-refractivity contribution in [2.75, 3.05) is 20.2 Å². The number of benzene rings is 2. The first-order valence-corrected chi connectivity index (χ1v) is 8.96. The number of ether oxygens (including phenoxy) is 1. The molecule has 1 heterocycles. The van der Waals surface area contributed by atoms with Crippen LogP contribution >= 0.6 is 0 Å². The van der Waals surface area contributed by atoms with Gasteiger partial charge >= 0.3 is 0 Å². The molecule has 0 aliphatic carbocycles. The Morgan fingerprint density at radius 2 is 1.83 bits per heavy atom. The van der Waals surface area contributed by atoms with Crippen LogP contribution in [-0.2, 0) is 4.79 Å². The average molecular weight is 395 g/mol. The van der Waals surface area contributed by atoms with E-state index in [9.17, 15) is 14.7 Å². The molecule has 1 atom stereocenters. The standard InChI is InChI=1S/C21H21N3O5/c1-28-16-9-7-14(8-10-16)18(25)12-22-20(26)13-23-21(27)17-11-19(29-24-17)15-5-3-2-4-6-15/h2-11,18,25H,12-13H2,1H3,(H,22,26)(H,23,27). The van der Waals surface area contributed by atoms with Crippen LogP contribution in [0.2, 0.25) is 0 Å². The highest BCUT2D eigenvalue weighted by Crippen LogP contribution is 2.19. The molecule has 3 N–H and O–H groups in total. The van der Waals surface area contributed by atoms with Crippen LogP contribution < -0.4 is 15.4 Å². The van der Waals surface area contributed by atoms with Crippen molar-refractivity contribution in [2.45, 2.75) is 6.10 Å². The smallest absolute Gasteiger partial charge is 0.273 e. The second kappa shape index (κ2) is 9.52. The van der Waals surface area contributed by atoms with Gasteiger partial charge in [0.15, 0.2) is 11.5 Å². The van der Waals surface area contributed by atoms with E-state index < -0.39 is 17.9 Å². The van der Waals surface area contributed by atoms with Gasteiger partial charge in [-0.1, -0.05) is 47.6 Å². The van der Waals surface area contributed by atoms with Crippen molar-refractivity contribution in [2.24, 2.45) is 0 Å². The summed E-state index contributed by atoms with van der Waals surface area (Å²) in [6, 6.07) is 17.6. The molecule has 8 nitrogen and oxygen atoms in total. The van der Waals surface area contributed by atoms with Crippen LogP contribution in [0.3, 0.4) is 0 Å². The minimum Gasteiger partial charge on any atom is -0.497 e. The summed E-state index contributed by atoms with van der Waals surface area (Å²) in [6.45, 7) is -0.231. The molecule has 0 saturated carbocycles. The summed E-state index contributed by atoms with van der Waals surface area (Å²) in [6.07, 6.45) is -0.871. The summed E-state index contributed by atoms with van der Waals surface area (Å²) in [5, 5.41) is 18.9. The lowest BCUT2D eigenvalue weighted by molar-refractivity contribution is -0.120. The Morgan fingerprint density at radius 3 is 2.52 bits per heavy atom. The first-order valence-electron chi connectivity index (χ1n) is 8.96. The monoisotopic (exact) mass is 395 g/mol. The Kier molecular flexibility index (Phi) is 6.59. The molecule has 0 aliphatic rings. The lowest BCUT2D eigenvalue weighted by Gasteiger charge is -2.13. The Balaban J connectivity index is 1.45. The fourth-order valence-electron chi connectivity index (χ4n) is 2.59. The fourth-order valence-corrected chi connectivity index (χ4v) is 2.59. The fraction of sp³-hybridized carbons (Fsp3) is 0.190. The second-order valence-corrected chi connectivity index (χ2v) is 6.22. The summed E-state index contributed by atoms with van der Waals surface area (Å²) in [5.41, 5.74) is 1.52. The average Bonchev–Trinajstić information content (AvgIpc) is 3.27. The van der Waals surface area contributed by atoms with Gasteiger partial charge in [-0.05, 0) is 17.7 Å². The van der Waals surface area contributed by atoms with Gasteiger partial charge in [-0.25, -0.2) is 0 Å². The Bertz CT molecular complexity index is 954. The van der Waals surface area contributed by atoms with Gasteiger partial charge in [0.1, 0.15) is 5.75 Å². The number of carbonyl (C=O) groups excluding carboxylic acids is 2. The molecule has 0 aliphatic heterocycles. The van der Waals surface area contributed by atoms with Gasteiger partial charge in [0, 0.05) is 18.2 Å². The summed E-state index contributed by atoms with van der Waals surface area (Å²) >= 11 is 0. The number of methoxy groups -OCH3 is 1. The van der Waals surface area contributed by atoms with Crippen LogP contribution in [0.4, 0.5) is 0 Å². The molecule has 8 heteroatoms. The normalized spacial score (nSPS) is 11.5. The number of rotatable bonds is 8. The van der Waals surface area contributed by atoms with Gasteiger partial charge in [-0.2, -0.15) is 0 Å². The zero-order valence-electron chi connectivity index (χ0n) is 15.8. The van der Waals surface area contributed by atoms with Crippen LogP contribution in [0, 0.1) is 0 Å². The third kappa shape index (κ3) is 5.43. The Morgan fingerprint density at radius 1 is 1.10 bits per heavy atom. The molecule has 0 saturated heterocycles. The largest absolute Gasteiger partial charge is 0.497 e. The SMILES string of the molecule is COc1ccc(C(O)CNC(=O)CNC(=O)c2cc(-c3ccccc3)on2)cc1. The molecule has 2 aromatic carbocycles. The van der Waals surface area contributed by atoms with E-state index in [-0.39, 0.29) is 18.8 Å².